The molecule has 22 heavy (non-hydrogen) atoms. The summed E-state index contributed by atoms with van der Waals surface area (Å²) >= 11 is 0. The van der Waals surface area contributed by atoms with Crippen LogP contribution in [0.2, 0.25) is 0 Å². The van der Waals surface area contributed by atoms with Crippen molar-refractivity contribution in [3.05, 3.63) is 34.9 Å². The number of sulfonamides is 1. The average Bonchev–Trinajstić information content (AvgIpc) is 3.14. The summed E-state index contributed by atoms with van der Waals surface area (Å²) in [5.41, 5.74) is 3.72. The van der Waals surface area contributed by atoms with Crippen molar-refractivity contribution in [2.24, 2.45) is 0 Å². The highest BCUT2D eigenvalue weighted by Crippen LogP contribution is 2.41. The summed E-state index contributed by atoms with van der Waals surface area (Å²) in [4.78, 5) is 12.2. The zero-order chi connectivity index (χ0) is 16.1. The Morgan fingerprint density at radius 2 is 2.00 bits per heavy atom. The topological polar surface area (TPSA) is 66.5 Å². The second-order valence-corrected chi connectivity index (χ2v) is 8.67. The molecule has 120 valence electrons. The third-order valence-electron chi connectivity index (χ3n) is 4.87. The van der Waals surface area contributed by atoms with Crippen LogP contribution in [0.1, 0.15) is 35.4 Å². The molecule has 1 N–H and O–H groups in total. The molecule has 1 aromatic carbocycles. The van der Waals surface area contributed by atoms with Crippen LogP contribution in [0, 0.1) is 13.8 Å². The van der Waals surface area contributed by atoms with Crippen molar-refractivity contribution in [2.75, 3.05) is 13.6 Å². The van der Waals surface area contributed by atoms with E-state index in [4.69, 9.17) is 0 Å². The van der Waals surface area contributed by atoms with Gasteiger partial charge in [-0.3, -0.25) is 4.79 Å². The summed E-state index contributed by atoms with van der Waals surface area (Å²) in [5.74, 6) is -0.0363. The molecule has 3 atom stereocenters. The van der Waals surface area contributed by atoms with Crippen LogP contribution in [-0.4, -0.2) is 43.5 Å². The maximum atomic E-state index is 12.2. The molecule has 1 saturated carbocycles. The molecule has 0 radical (unpaired) electrons. The number of amides is 1. The Hall–Kier alpha value is -1.40. The van der Waals surface area contributed by atoms with E-state index >= 15 is 0 Å². The summed E-state index contributed by atoms with van der Waals surface area (Å²) in [6, 6.07) is 6.42. The van der Waals surface area contributed by atoms with Crippen molar-refractivity contribution in [2.45, 2.75) is 43.9 Å². The molecular formula is C16H22N2O3S. The predicted octanol–water partition coefficient (Wildman–Crippen LogP) is 1.31. The fourth-order valence-corrected chi connectivity index (χ4v) is 4.59. The van der Waals surface area contributed by atoms with Crippen molar-refractivity contribution in [1.29, 1.82) is 0 Å². The maximum Gasteiger partial charge on any atom is 0.240 e. The van der Waals surface area contributed by atoms with Crippen molar-refractivity contribution < 1.29 is 13.2 Å². The van der Waals surface area contributed by atoms with E-state index in [9.17, 15) is 13.2 Å². The van der Waals surface area contributed by atoms with Crippen LogP contribution in [0.15, 0.2) is 18.2 Å². The number of benzene rings is 1. The maximum absolute atomic E-state index is 12.2. The molecule has 2 fully saturated rings. The van der Waals surface area contributed by atoms with Gasteiger partial charge in [-0.1, -0.05) is 18.2 Å². The molecule has 1 aliphatic carbocycles. The number of hydrogen-bond acceptors (Lipinski definition) is 3. The Morgan fingerprint density at radius 3 is 2.59 bits per heavy atom. The van der Waals surface area contributed by atoms with E-state index in [1.54, 1.807) is 0 Å². The highest BCUT2D eigenvalue weighted by molar-refractivity contribution is 7.90. The fourth-order valence-electron chi connectivity index (χ4n) is 3.05. The van der Waals surface area contributed by atoms with Gasteiger partial charge in [0.25, 0.3) is 0 Å². The van der Waals surface area contributed by atoms with Gasteiger partial charge in [-0.2, -0.15) is 0 Å². The molecule has 1 saturated heterocycles. The first-order valence-electron chi connectivity index (χ1n) is 7.63. The van der Waals surface area contributed by atoms with E-state index in [0.717, 1.165) is 6.42 Å². The third-order valence-corrected chi connectivity index (χ3v) is 7.09. The fraction of sp³-hybridized carbons (Fsp3) is 0.562. The molecule has 1 aromatic rings. The second-order valence-electron chi connectivity index (χ2n) is 6.44. The number of nitrogens with zero attached hydrogens (tertiary/aromatic N) is 1. The first-order chi connectivity index (χ1) is 10.3. The predicted molar refractivity (Wildman–Crippen MR) is 85.2 cm³/mol. The highest BCUT2D eigenvalue weighted by Gasteiger charge is 2.45. The molecule has 1 amide bonds. The SMILES string of the molecule is Cc1ccc([C@@H]2C[C@H]2NC(=O)C2CCN(C)S2(=O)=O)cc1C. The molecular weight excluding hydrogens is 300 g/mol. The van der Waals surface area contributed by atoms with E-state index in [-0.39, 0.29) is 11.9 Å². The lowest BCUT2D eigenvalue weighted by molar-refractivity contribution is -0.120. The smallest absolute Gasteiger partial charge is 0.240 e. The van der Waals surface area contributed by atoms with Crippen LogP contribution in [0.4, 0.5) is 0 Å². The average molecular weight is 322 g/mol. The van der Waals surface area contributed by atoms with E-state index in [1.807, 2.05) is 0 Å². The minimum atomic E-state index is -3.46. The first-order valence-corrected chi connectivity index (χ1v) is 9.13. The van der Waals surface area contributed by atoms with Gasteiger partial charge in [-0.05, 0) is 43.4 Å². The van der Waals surface area contributed by atoms with Crippen molar-refractivity contribution in [3.63, 3.8) is 0 Å². The Morgan fingerprint density at radius 1 is 1.27 bits per heavy atom. The second kappa shape index (κ2) is 5.35. The zero-order valence-corrected chi connectivity index (χ0v) is 14.0. The van der Waals surface area contributed by atoms with Gasteiger partial charge < -0.3 is 5.32 Å². The summed E-state index contributed by atoms with van der Waals surface area (Å²) in [6.45, 7) is 4.58. The monoisotopic (exact) mass is 322 g/mol. The van der Waals surface area contributed by atoms with Crippen molar-refractivity contribution in [1.82, 2.24) is 9.62 Å². The Bertz CT molecular complexity index is 714. The number of carbonyl (C=O) groups excluding carboxylic acids is 1. The van der Waals surface area contributed by atoms with Crippen LogP contribution in [0.5, 0.6) is 0 Å². The largest absolute Gasteiger partial charge is 0.352 e. The Balaban J connectivity index is 1.64. The minimum absolute atomic E-state index is 0.0655. The van der Waals surface area contributed by atoms with Crippen LogP contribution in [-0.2, 0) is 14.8 Å². The van der Waals surface area contributed by atoms with Gasteiger partial charge in [-0.25, -0.2) is 12.7 Å². The lowest BCUT2D eigenvalue weighted by Crippen LogP contribution is -2.40. The lowest BCUT2D eigenvalue weighted by Gasteiger charge is -2.12. The molecule has 2 aliphatic rings. The summed E-state index contributed by atoms with van der Waals surface area (Å²) in [5, 5.41) is 1.99. The van der Waals surface area contributed by atoms with E-state index in [1.165, 1.54) is 28.0 Å². The van der Waals surface area contributed by atoms with Gasteiger partial charge in [0.1, 0.15) is 0 Å². The van der Waals surface area contributed by atoms with Crippen molar-refractivity contribution in [3.8, 4) is 0 Å². The number of aryl methyl sites for hydroxylation is 2. The standard InChI is InChI=1S/C16H22N2O3S/c1-10-4-5-12(8-11(10)2)13-9-14(13)17-16(19)15-6-7-18(3)22(15,20)21/h4-5,8,13-15H,6-7,9H2,1-3H3,(H,17,19)/t13-,14+,15?/m0/s1. The summed E-state index contributed by atoms with van der Waals surface area (Å²) < 4.78 is 25.3. The minimum Gasteiger partial charge on any atom is -0.352 e. The third kappa shape index (κ3) is 2.65. The first kappa shape index (κ1) is 15.5. The van der Waals surface area contributed by atoms with Gasteiger partial charge in [0.05, 0.1) is 0 Å². The van der Waals surface area contributed by atoms with Gasteiger partial charge >= 0.3 is 0 Å². The van der Waals surface area contributed by atoms with Crippen LogP contribution in [0.3, 0.4) is 0 Å². The van der Waals surface area contributed by atoms with Crippen LogP contribution in [0.25, 0.3) is 0 Å². The van der Waals surface area contributed by atoms with Crippen LogP contribution < -0.4 is 5.32 Å². The summed E-state index contributed by atoms with van der Waals surface area (Å²) in [7, 11) is -1.93. The normalized spacial score (nSPS) is 30.2. The lowest BCUT2D eigenvalue weighted by atomic mass is 10.0. The molecule has 6 heteroatoms. The van der Waals surface area contributed by atoms with E-state index in [0.29, 0.717) is 18.9 Å². The van der Waals surface area contributed by atoms with Crippen LogP contribution >= 0.6 is 0 Å². The number of carbonyl (C=O) groups is 1. The molecule has 0 bridgehead atoms. The highest BCUT2D eigenvalue weighted by atomic mass is 32.2. The van der Waals surface area contributed by atoms with Gasteiger partial charge in [0.2, 0.25) is 15.9 Å². The summed E-state index contributed by atoms with van der Waals surface area (Å²) in [6.07, 6.45) is 1.27. The number of rotatable bonds is 3. The Labute approximate surface area is 131 Å². The van der Waals surface area contributed by atoms with Gasteiger partial charge in [0, 0.05) is 25.6 Å². The molecule has 1 heterocycles. The van der Waals surface area contributed by atoms with Gasteiger partial charge in [0.15, 0.2) is 5.25 Å². The molecule has 1 unspecified atom stereocenters. The van der Waals surface area contributed by atoms with E-state index in [2.05, 4.69) is 37.4 Å². The van der Waals surface area contributed by atoms with Crippen molar-refractivity contribution >= 4 is 15.9 Å². The molecule has 0 aromatic heterocycles. The number of hydrogen-bond donors (Lipinski definition) is 1. The molecule has 1 aliphatic heterocycles. The van der Waals surface area contributed by atoms with Gasteiger partial charge in [-0.15, -0.1) is 0 Å². The number of nitrogens with one attached hydrogen (secondary N) is 1. The molecule has 0 spiro atoms. The van der Waals surface area contributed by atoms with E-state index < -0.39 is 15.3 Å². The zero-order valence-electron chi connectivity index (χ0n) is 13.2. The molecule has 5 nitrogen and oxygen atoms in total. The molecule has 3 rings (SSSR count). The quantitative estimate of drug-likeness (QED) is 0.912. The Kier molecular flexibility index (Phi) is 3.77.